The summed E-state index contributed by atoms with van der Waals surface area (Å²) in [5.41, 5.74) is 1.05. The molecule has 0 unspecified atom stereocenters. The van der Waals surface area contributed by atoms with Crippen molar-refractivity contribution in [2.45, 2.75) is 13.3 Å². The van der Waals surface area contributed by atoms with E-state index < -0.39 is 11.9 Å². The van der Waals surface area contributed by atoms with Crippen LogP contribution in [0.2, 0.25) is 0 Å². The highest BCUT2D eigenvalue weighted by Crippen LogP contribution is 2.25. The predicted octanol–water partition coefficient (Wildman–Crippen LogP) is -0.00800. The molecule has 0 aliphatic carbocycles. The molecule has 1 aliphatic heterocycles. The van der Waals surface area contributed by atoms with Crippen LogP contribution in [-0.2, 0) is 9.59 Å². The van der Waals surface area contributed by atoms with Crippen LogP contribution in [0.3, 0.4) is 0 Å². The highest BCUT2D eigenvalue weighted by molar-refractivity contribution is 6.01. The number of benzene rings is 1. The second kappa shape index (κ2) is 4.60. The van der Waals surface area contributed by atoms with Gasteiger partial charge in [0.25, 0.3) is 0 Å². The van der Waals surface area contributed by atoms with Crippen molar-refractivity contribution in [2.24, 2.45) is 5.92 Å². The third kappa shape index (κ3) is 2.25. The van der Waals surface area contributed by atoms with Crippen molar-refractivity contribution in [3.8, 4) is 0 Å². The standard InChI is InChI=1S/C13H13NO4/c1-8(15)9-3-2-4-11(5-9)14-7-10(13(17)18)6-12(14)16/h2-5,10H,6-7H2,1H3,(H,17,18)/p-1/t10-/m1/s1. The zero-order valence-corrected chi connectivity index (χ0v) is 9.88. The lowest BCUT2D eigenvalue weighted by molar-refractivity contribution is -0.310. The molecule has 2 rings (SSSR count). The number of hydrogen-bond acceptors (Lipinski definition) is 4. The number of carboxylic acid groups (broad SMARTS) is 1. The van der Waals surface area contributed by atoms with Gasteiger partial charge in [-0.15, -0.1) is 0 Å². The van der Waals surface area contributed by atoms with Crippen molar-refractivity contribution in [1.82, 2.24) is 0 Å². The lowest BCUT2D eigenvalue weighted by atomic mass is 10.1. The number of aliphatic carboxylic acids is 1. The second-order valence-electron chi connectivity index (χ2n) is 4.33. The van der Waals surface area contributed by atoms with Gasteiger partial charge in [-0.05, 0) is 19.1 Å². The van der Waals surface area contributed by atoms with Gasteiger partial charge in [-0.2, -0.15) is 0 Å². The zero-order chi connectivity index (χ0) is 13.3. The largest absolute Gasteiger partial charge is 0.550 e. The SMILES string of the molecule is CC(=O)c1cccc(N2C[C@H](C(=O)[O-])CC2=O)c1. The van der Waals surface area contributed by atoms with Gasteiger partial charge in [0.2, 0.25) is 5.91 Å². The van der Waals surface area contributed by atoms with Crippen molar-refractivity contribution < 1.29 is 19.5 Å². The van der Waals surface area contributed by atoms with E-state index in [0.717, 1.165) is 0 Å². The topological polar surface area (TPSA) is 77.5 Å². The normalized spacial score (nSPS) is 19.1. The van der Waals surface area contributed by atoms with Crippen molar-refractivity contribution >= 4 is 23.3 Å². The molecule has 5 nitrogen and oxygen atoms in total. The Morgan fingerprint density at radius 3 is 2.67 bits per heavy atom. The van der Waals surface area contributed by atoms with Gasteiger partial charge in [-0.25, -0.2) is 0 Å². The second-order valence-corrected chi connectivity index (χ2v) is 4.33. The number of Topliss-reactive ketones (excluding diaryl/α,β-unsaturated/α-hetero) is 1. The molecule has 0 radical (unpaired) electrons. The number of carboxylic acids is 1. The van der Waals surface area contributed by atoms with E-state index in [-0.39, 0.29) is 24.7 Å². The van der Waals surface area contributed by atoms with Crippen LogP contribution in [0.5, 0.6) is 0 Å². The molecular weight excluding hydrogens is 234 g/mol. The first-order valence-corrected chi connectivity index (χ1v) is 5.61. The average Bonchev–Trinajstić information content (AvgIpc) is 2.72. The Labute approximate surface area is 104 Å². The lowest BCUT2D eigenvalue weighted by Crippen LogP contribution is -2.33. The quantitative estimate of drug-likeness (QED) is 0.703. The first kappa shape index (κ1) is 12.3. The number of rotatable bonds is 3. The van der Waals surface area contributed by atoms with E-state index >= 15 is 0 Å². The van der Waals surface area contributed by atoms with Crippen LogP contribution >= 0.6 is 0 Å². The summed E-state index contributed by atoms with van der Waals surface area (Å²) in [7, 11) is 0. The lowest BCUT2D eigenvalue weighted by Gasteiger charge is -2.17. The van der Waals surface area contributed by atoms with Gasteiger partial charge in [-0.1, -0.05) is 12.1 Å². The van der Waals surface area contributed by atoms with Crippen LogP contribution in [0.25, 0.3) is 0 Å². The number of anilines is 1. The van der Waals surface area contributed by atoms with Crippen molar-refractivity contribution in [2.75, 3.05) is 11.4 Å². The summed E-state index contributed by atoms with van der Waals surface area (Å²) in [5, 5.41) is 10.8. The van der Waals surface area contributed by atoms with Crippen LogP contribution < -0.4 is 10.0 Å². The number of carbonyl (C=O) groups is 3. The molecular formula is C13H12NO4-. The first-order valence-electron chi connectivity index (χ1n) is 5.61. The summed E-state index contributed by atoms with van der Waals surface area (Å²) >= 11 is 0. The molecule has 1 atom stereocenters. The van der Waals surface area contributed by atoms with E-state index in [0.29, 0.717) is 11.3 Å². The molecule has 0 saturated carbocycles. The molecule has 1 aromatic rings. The van der Waals surface area contributed by atoms with E-state index in [1.165, 1.54) is 11.8 Å². The van der Waals surface area contributed by atoms with E-state index in [9.17, 15) is 19.5 Å². The maximum atomic E-state index is 11.7. The minimum atomic E-state index is -1.21. The van der Waals surface area contributed by atoms with E-state index in [4.69, 9.17) is 0 Å². The summed E-state index contributed by atoms with van der Waals surface area (Å²) in [5.74, 6) is -2.35. The third-order valence-corrected chi connectivity index (χ3v) is 3.02. The Hall–Kier alpha value is -2.17. The Morgan fingerprint density at radius 1 is 1.39 bits per heavy atom. The van der Waals surface area contributed by atoms with Gasteiger partial charge in [0.05, 0.1) is 0 Å². The predicted molar refractivity (Wildman–Crippen MR) is 61.9 cm³/mol. The molecule has 94 valence electrons. The van der Waals surface area contributed by atoms with E-state index in [2.05, 4.69) is 0 Å². The fourth-order valence-corrected chi connectivity index (χ4v) is 2.01. The molecule has 5 heteroatoms. The summed E-state index contributed by atoms with van der Waals surface area (Å²) in [6.07, 6.45) is -0.0490. The molecule has 1 aliphatic rings. The Balaban J connectivity index is 2.27. The van der Waals surface area contributed by atoms with Crippen LogP contribution in [0.1, 0.15) is 23.7 Å². The molecule has 18 heavy (non-hydrogen) atoms. The minimum absolute atomic E-state index is 0.0490. The molecule has 1 saturated heterocycles. The van der Waals surface area contributed by atoms with Crippen molar-refractivity contribution in [3.05, 3.63) is 29.8 Å². The molecule has 0 aromatic heterocycles. The number of amides is 1. The smallest absolute Gasteiger partial charge is 0.227 e. The molecule has 1 amide bonds. The van der Waals surface area contributed by atoms with Crippen molar-refractivity contribution in [1.29, 1.82) is 0 Å². The Kier molecular flexibility index (Phi) is 3.14. The molecule has 0 bridgehead atoms. The minimum Gasteiger partial charge on any atom is -0.550 e. The number of ketones is 1. The summed E-state index contributed by atoms with van der Waals surface area (Å²) in [6.45, 7) is 1.54. The zero-order valence-electron chi connectivity index (χ0n) is 9.88. The fraction of sp³-hybridized carbons (Fsp3) is 0.308. The van der Waals surface area contributed by atoms with Gasteiger partial charge in [0.1, 0.15) is 0 Å². The molecule has 1 fully saturated rings. The molecule has 1 aromatic carbocycles. The highest BCUT2D eigenvalue weighted by atomic mass is 16.4. The van der Waals surface area contributed by atoms with Gasteiger partial charge in [0, 0.05) is 36.1 Å². The van der Waals surface area contributed by atoms with Crippen LogP contribution in [0.4, 0.5) is 5.69 Å². The average molecular weight is 246 g/mol. The van der Waals surface area contributed by atoms with Gasteiger partial charge in [0.15, 0.2) is 5.78 Å². The van der Waals surface area contributed by atoms with Crippen LogP contribution in [-0.4, -0.2) is 24.2 Å². The third-order valence-electron chi connectivity index (χ3n) is 3.02. The number of nitrogens with zero attached hydrogens (tertiary/aromatic N) is 1. The van der Waals surface area contributed by atoms with E-state index in [1.807, 2.05) is 0 Å². The van der Waals surface area contributed by atoms with Crippen LogP contribution in [0, 0.1) is 5.92 Å². The van der Waals surface area contributed by atoms with Gasteiger partial charge in [-0.3, -0.25) is 9.59 Å². The highest BCUT2D eigenvalue weighted by Gasteiger charge is 2.31. The molecule has 0 spiro atoms. The summed E-state index contributed by atoms with van der Waals surface area (Å²) in [6, 6.07) is 6.61. The van der Waals surface area contributed by atoms with Gasteiger partial charge < -0.3 is 14.8 Å². The fourth-order valence-electron chi connectivity index (χ4n) is 2.01. The Morgan fingerprint density at radius 2 is 2.11 bits per heavy atom. The molecule has 1 heterocycles. The van der Waals surface area contributed by atoms with E-state index in [1.54, 1.807) is 24.3 Å². The summed E-state index contributed by atoms with van der Waals surface area (Å²) in [4.78, 5) is 35.1. The molecule has 0 N–H and O–H groups in total. The number of hydrogen-bond donors (Lipinski definition) is 0. The maximum Gasteiger partial charge on any atom is 0.227 e. The Bertz CT molecular complexity index is 523. The first-order chi connectivity index (χ1) is 8.49. The summed E-state index contributed by atoms with van der Waals surface area (Å²) < 4.78 is 0. The van der Waals surface area contributed by atoms with Crippen molar-refractivity contribution in [3.63, 3.8) is 0 Å². The monoisotopic (exact) mass is 246 g/mol. The van der Waals surface area contributed by atoms with Gasteiger partial charge >= 0.3 is 0 Å². The maximum absolute atomic E-state index is 11.7. The number of carbonyl (C=O) groups excluding carboxylic acids is 3. The van der Waals surface area contributed by atoms with Crippen LogP contribution in [0.15, 0.2) is 24.3 Å².